The van der Waals surface area contributed by atoms with Gasteiger partial charge in [-0.3, -0.25) is 4.79 Å². The number of hydrogen-bond donors (Lipinski definition) is 1. The third-order valence-electron chi connectivity index (χ3n) is 4.39. The zero-order valence-electron chi connectivity index (χ0n) is 11.2. The fraction of sp³-hybridized carbons (Fsp3) is 0.500. The fourth-order valence-corrected chi connectivity index (χ4v) is 3.70. The first-order valence-corrected chi connectivity index (χ1v) is 9.15. The molecule has 1 aromatic carbocycles. The van der Waals surface area contributed by atoms with E-state index in [0.29, 0.717) is 12.5 Å². The molecule has 2 aliphatic rings. The van der Waals surface area contributed by atoms with Crippen molar-refractivity contribution in [3.63, 3.8) is 0 Å². The first-order chi connectivity index (χ1) is 9.82. The molecule has 0 bridgehead atoms. The molecule has 0 aromatic heterocycles. The molecule has 2 saturated carbocycles. The number of amides is 1. The van der Waals surface area contributed by atoms with Crippen LogP contribution >= 0.6 is 10.7 Å². The molecule has 0 radical (unpaired) electrons. The maximum atomic E-state index is 13.4. The standard InChI is InChI=1S/C14H15ClFNO3S/c15-21(19,20)12-7-9(1-4-11(12)16)13(18)17-8-14(5-6-14)10-2-3-10/h1,4,7,10H,2-3,5-6,8H2,(H,17,18). The van der Waals surface area contributed by atoms with E-state index in [2.05, 4.69) is 5.32 Å². The van der Waals surface area contributed by atoms with Gasteiger partial charge in [0.1, 0.15) is 10.7 Å². The van der Waals surface area contributed by atoms with Gasteiger partial charge in [0.2, 0.25) is 0 Å². The van der Waals surface area contributed by atoms with Crippen LogP contribution in [-0.2, 0) is 9.05 Å². The lowest BCUT2D eigenvalue weighted by atomic mass is 10.0. The average molecular weight is 332 g/mol. The normalized spacial score (nSPS) is 20.1. The first-order valence-electron chi connectivity index (χ1n) is 6.84. The van der Waals surface area contributed by atoms with Gasteiger partial charge in [-0.15, -0.1) is 0 Å². The minimum Gasteiger partial charge on any atom is -0.351 e. The Balaban J connectivity index is 1.73. The largest absolute Gasteiger partial charge is 0.351 e. The third-order valence-corrected chi connectivity index (χ3v) is 5.73. The van der Waals surface area contributed by atoms with E-state index in [4.69, 9.17) is 10.7 Å². The van der Waals surface area contributed by atoms with E-state index >= 15 is 0 Å². The van der Waals surface area contributed by atoms with E-state index in [0.717, 1.165) is 25.0 Å². The van der Waals surface area contributed by atoms with Crippen LogP contribution in [0.5, 0.6) is 0 Å². The molecule has 0 spiro atoms. The van der Waals surface area contributed by atoms with Gasteiger partial charge in [0.25, 0.3) is 15.0 Å². The molecular weight excluding hydrogens is 317 g/mol. The Kier molecular flexibility index (Phi) is 3.48. The topological polar surface area (TPSA) is 63.2 Å². The number of carbonyl (C=O) groups excluding carboxylic acids is 1. The maximum Gasteiger partial charge on any atom is 0.264 e. The van der Waals surface area contributed by atoms with Gasteiger partial charge in [0.05, 0.1) is 0 Å². The smallest absolute Gasteiger partial charge is 0.264 e. The summed E-state index contributed by atoms with van der Waals surface area (Å²) < 4.78 is 35.9. The molecule has 0 heterocycles. The Morgan fingerprint density at radius 2 is 2.05 bits per heavy atom. The van der Waals surface area contributed by atoms with E-state index in [1.54, 1.807) is 0 Å². The highest BCUT2D eigenvalue weighted by Gasteiger charge is 2.53. The summed E-state index contributed by atoms with van der Waals surface area (Å²) in [6.45, 7) is 0.594. The summed E-state index contributed by atoms with van der Waals surface area (Å²) in [5.74, 6) is -0.647. The number of carbonyl (C=O) groups is 1. The lowest BCUT2D eigenvalue weighted by Gasteiger charge is -2.15. The number of benzene rings is 1. The molecule has 0 unspecified atom stereocenters. The molecule has 21 heavy (non-hydrogen) atoms. The Bertz CT molecular complexity index is 696. The third kappa shape index (κ3) is 3.06. The number of halogens is 2. The van der Waals surface area contributed by atoms with E-state index in [1.807, 2.05) is 0 Å². The van der Waals surface area contributed by atoms with Gasteiger partial charge in [-0.05, 0) is 55.2 Å². The van der Waals surface area contributed by atoms with Crippen LogP contribution in [0.15, 0.2) is 23.1 Å². The Morgan fingerprint density at radius 3 is 2.57 bits per heavy atom. The van der Waals surface area contributed by atoms with Crippen LogP contribution in [0.4, 0.5) is 4.39 Å². The van der Waals surface area contributed by atoms with Crippen molar-refractivity contribution >= 4 is 25.6 Å². The number of rotatable bonds is 5. The first kappa shape index (κ1) is 14.8. The summed E-state index contributed by atoms with van der Waals surface area (Å²) in [7, 11) is 0.944. The van der Waals surface area contributed by atoms with Crippen LogP contribution in [0.25, 0.3) is 0 Å². The van der Waals surface area contributed by atoms with Crippen molar-refractivity contribution in [3.05, 3.63) is 29.6 Å². The van der Waals surface area contributed by atoms with Crippen LogP contribution in [0.3, 0.4) is 0 Å². The van der Waals surface area contributed by atoms with Crippen molar-refractivity contribution in [1.29, 1.82) is 0 Å². The molecule has 2 fully saturated rings. The summed E-state index contributed by atoms with van der Waals surface area (Å²) in [5.41, 5.74) is 0.346. The lowest BCUT2D eigenvalue weighted by molar-refractivity contribution is 0.0942. The van der Waals surface area contributed by atoms with Crippen LogP contribution in [0.1, 0.15) is 36.0 Å². The van der Waals surface area contributed by atoms with Gasteiger partial charge in [-0.1, -0.05) is 0 Å². The SMILES string of the molecule is O=C(NCC1(C2CC2)CC1)c1ccc(F)c(S(=O)(=O)Cl)c1. The van der Waals surface area contributed by atoms with Crippen molar-refractivity contribution in [1.82, 2.24) is 5.32 Å². The lowest BCUT2D eigenvalue weighted by Crippen LogP contribution is -2.31. The Hall–Kier alpha value is -1.14. The van der Waals surface area contributed by atoms with E-state index < -0.39 is 25.7 Å². The molecule has 3 rings (SSSR count). The van der Waals surface area contributed by atoms with Gasteiger partial charge in [0, 0.05) is 22.8 Å². The predicted octanol–water partition coefficient (Wildman–Crippen LogP) is 2.67. The second-order valence-corrected chi connectivity index (χ2v) is 8.44. The molecular formula is C14H15ClFNO3S. The molecule has 0 aliphatic heterocycles. The van der Waals surface area contributed by atoms with Crippen LogP contribution in [0, 0.1) is 17.2 Å². The second-order valence-electron chi connectivity index (χ2n) is 5.90. The summed E-state index contributed by atoms with van der Waals surface area (Å²) in [6, 6.07) is 3.18. The molecule has 1 N–H and O–H groups in total. The molecule has 0 atom stereocenters. The average Bonchev–Trinajstić information content (AvgIpc) is 3.25. The molecule has 1 aromatic rings. The summed E-state index contributed by atoms with van der Waals surface area (Å²) in [5, 5.41) is 2.82. The minimum atomic E-state index is -4.21. The van der Waals surface area contributed by atoms with Gasteiger partial charge in [-0.2, -0.15) is 0 Å². The molecule has 114 valence electrons. The van der Waals surface area contributed by atoms with Crippen molar-refractivity contribution in [2.24, 2.45) is 11.3 Å². The quantitative estimate of drug-likeness (QED) is 0.844. The molecule has 1 amide bonds. The maximum absolute atomic E-state index is 13.4. The van der Waals surface area contributed by atoms with Gasteiger partial charge in [0.15, 0.2) is 0 Å². The van der Waals surface area contributed by atoms with Gasteiger partial charge >= 0.3 is 0 Å². The zero-order valence-corrected chi connectivity index (χ0v) is 12.8. The highest BCUT2D eigenvalue weighted by Crippen LogP contribution is 2.60. The highest BCUT2D eigenvalue weighted by molar-refractivity contribution is 8.13. The minimum absolute atomic E-state index is 0.0993. The Morgan fingerprint density at radius 1 is 1.38 bits per heavy atom. The van der Waals surface area contributed by atoms with Gasteiger partial charge < -0.3 is 5.32 Å². The van der Waals surface area contributed by atoms with Crippen LogP contribution < -0.4 is 5.32 Å². The van der Waals surface area contributed by atoms with Crippen molar-refractivity contribution in [2.75, 3.05) is 6.54 Å². The number of hydrogen-bond acceptors (Lipinski definition) is 3. The molecule has 4 nitrogen and oxygen atoms in total. The summed E-state index contributed by atoms with van der Waals surface area (Å²) in [6.07, 6.45) is 4.70. The summed E-state index contributed by atoms with van der Waals surface area (Å²) in [4.78, 5) is 11.4. The second kappa shape index (κ2) is 4.95. The molecule has 2 aliphatic carbocycles. The molecule has 7 heteroatoms. The highest BCUT2D eigenvalue weighted by atomic mass is 35.7. The summed E-state index contributed by atoms with van der Waals surface area (Å²) >= 11 is 0. The van der Waals surface area contributed by atoms with E-state index in [1.165, 1.54) is 18.9 Å². The van der Waals surface area contributed by atoms with Gasteiger partial charge in [-0.25, -0.2) is 12.8 Å². The van der Waals surface area contributed by atoms with Crippen LogP contribution in [-0.4, -0.2) is 20.9 Å². The Labute approximate surface area is 127 Å². The van der Waals surface area contributed by atoms with Crippen molar-refractivity contribution in [2.45, 2.75) is 30.6 Å². The predicted molar refractivity (Wildman–Crippen MR) is 76.2 cm³/mol. The van der Waals surface area contributed by atoms with Crippen molar-refractivity contribution in [3.8, 4) is 0 Å². The van der Waals surface area contributed by atoms with Crippen LogP contribution in [0.2, 0.25) is 0 Å². The van der Waals surface area contributed by atoms with E-state index in [-0.39, 0.29) is 11.0 Å². The monoisotopic (exact) mass is 331 g/mol. The van der Waals surface area contributed by atoms with Crippen molar-refractivity contribution < 1.29 is 17.6 Å². The molecule has 0 saturated heterocycles. The van der Waals surface area contributed by atoms with E-state index in [9.17, 15) is 17.6 Å². The zero-order chi connectivity index (χ0) is 15.3. The number of nitrogens with one attached hydrogen (secondary N) is 1. The fourth-order valence-electron chi connectivity index (χ4n) is 2.78.